The molecule has 0 bridgehead atoms. The second kappa shape index (κ2) is 7.68. The minimum atomic E-state index is -0.476. The van der Waals surface area contributed by atoms with Crippen molar-refractivity contribution in [1.82, 2.24) is 5.32 Å². The third-order valence-corrected chi connectivity index (χ3v) is 5.98. The van der Waals surface area contributed by atoms with Crippen LogP contribution in [-0.4, -0.2) is 38.1 Å². The van der Waals surface area contributed by atoms with Crippen LogP contribution < -0.4 is 21.3 Å². The highest BCUT2D eigenvalue weighted by atomic mass is 35.5. The molecule has 27 heavy (non-hydrogen) atoms. The number of halogens is 2. The fraction of sp³-hybridized carbons (Fsp3) is 0.350. The van der Waals surface area contributed by atoms with Crippen LogP contribution >= 0.6 is 23.2 Å². The van der Waals surface area contributed by atoms with Crippen molar-refractivity contribution in [1.29, 1.82) is 0 Å². The number of benzene rings is 2. The highest BCUT2D eigenvalue weighted by Crippen LogP contribution is 2.48. The third-order valence-electron chi connectivity index (χ3n) is 5.33. The lowest BCUT2D eigenvalue weighted by molar-refractivity contribution is -0.116. The van der Waals surface area contributed by atoms with Crippen LogP contribution in [0.5, 0.6) is 0 Å². The molecule has 2 heterocycles. The number of hydrogen-bond donors (Lipinski definition) is 3. The molecule has 142 valence electrons. The zero-order valence-electron chi connectivity index (χ0n) is 14.8. The Morgan fingerprint density at radius 1 is 1.15 bits per heavy atom. The van der Waals surface area contributed by atoms with E-state index in [0.29, 0.717) is 16.6 Å². The van der Waals surface area contributed by atoms with Crippen molar-refractivity contribution in [2.45, 2.75) is 18.4 Å². The molecule has 0 spiro atoms. The smallest absolute Gasteiger partial charge is 0.236 e. The van der Waals surface area contributed by atoms with E-state index in [0.717, 1.165) is 48.6 Å². The number of carbonyl (C=O) groups is 1. The van der Waals surface area contributed by atoms with Crippen molar-refractivity contribution in [2.75, 3.05) is 36.4 Å². The van der Waals surface area contributed by atoms with Gasteiger partial charge in [-0.2, -0.15) is 0 Å². The predicted octanol–water partition coefficient (Wildman–Crippen LogP) is 3.20. The van der Waals surface area contributed by atoms with Gasteiger partial charge in [-0.05, 0) is 36.7 Å². The van der Waals surface area contributed by atoms with Gasteiger partial charge in [0.15, 0.2) is 0 Å². The number of amides is 1. The summed E-state index contributed by atoms with van der Waals surface area (Å²) in [6.45, 7) is 3.11. The van der Waals surface area contributed by atoms with Gasteiger partial charge in [-0.15, -0.1) is 0 Å². The van der Waals surface area contributed by atoms with E-state index in [4.69, 9.17) is 28.9 Å². The Morgan fingerprint density at radius 3 is 2.74 bits per heavy atom. The molecule has 0 saturated carbocycles. The summed E-state index contributed by atoms with van der Waals surface area (Å²) in [6.07, 6.45) is 0.852. The zero-order valence-corrected chi connectivity index (χ0v) is 16.4. The summed E-state index contributed by atoms with van der Waals surface area (Å²) >= 11 is 13.1. The highest BCUT2D eigenvalue weighted by molar-refractivity contribution is 6.34. The first-order valence-corrected chi connectivity index (χ1v) is 9.92. The first-order chi connectivity index (χ1) is 13.1. The molecule has 0 aromatic heterocycles. The molecule has 2 aromatic carbocycles. The van der Waals surface area contributed by atoms with Crippen molar-refractivity contribution < 1.29 is 4.79 Å². The second-order valence-electron chi connectivity index (χ2n) is 6.93. The molecular formula is C20H22Cl2N4O. The van der Waals surface area contributed by atoms with Crippen molar-refractivity contribution in [3.05, 3.63) is 57.6 Å². The van der Waals surface area contributed by atoms with Crippen molar-refractivity contribution in [2.24, 2.45) is 5.73 Å². The predicted molar refractivity (Wildman–Crippen MR) is 111 cm³/mol. The van der Waals surface area contributed by atoms with Crippen LogP contribution in [0.15, 0.2) is 36.4 Å². The van der Waals surface area contributed by atoms with Crippen LogP contribution in [-0.2, 0) is 4.79 Å². The van der Waals surface area contributed by atoms with Gasteiger partial charge in [0.2, 0.25) is 5.91 Å². The van der Waals surface area contributed by atoms with Gasteiger partial charge in [0.1, 0.15) is 0 Å². The summed E-state index contributed by atoms with van der Waals surface area (Å²) in [4.78, 5) is 15.2. The Morgan fingerprint density at radius 2 is 1.96 bits per heavy atom. The van der Waals surface area contributed by atoms with Gasteiger partial charge in [0, 0.05) is 41.9 Å². The van der Waals surface area contributed by atoms with E-state index in [2.05, 4.69) is 15.5 Å². The first kappa shape index (κ1) is 18.6. The van der Waals surface area contributed by atoms with E-state index in [1.54, 1.807) is 0 Å². The number of nitrogens with two attached hydrogens (primary N) is 1. The van der Waals surface area contributed by atoms with Gasteiger partial charge in [0.05, 0.1) is 16.6 Å². The van der Waals surface area contributed by atoms with E-state index in [1.807, 2.05) is 36.4 Å². The quantitative estimate of drug-likeness (QED) is 0.731. The van der Waals surface area contributed by atoms with Crippen LogP contribution in [0, 0.1) is 0 Å². The Labute approximate surface area is 168 Å². The molecule has 1 saturated heterocycles. The number of nitrogens with zero attached hydrogens (tertiary/aromatic N) is 1. The molecular weight excluding hydrogens is 383 g/mol. The Kier molecular flexibility index (Phi) is 5.28. The molecule has 2 aliphatic rings. The topological polar surface area (TPSA) is 70.4 Å². The number of rotatable bonds is 4. The number of fused-ring (bicyclic) bond motifs is 1. The average molecular weight is 405 g/mol. The lowest BCUT2D eigenvalue weighted by Gasteiger charge is -2.40. The van der Waals surface area contributed by atoms with Gasteiger partial charge in [-0.1, -0.05) is 41.4 Å². The average Bonchev–Trinajstić information content (AvgIpc) is 2.99. The summed E-state index contributed by atoms with van der Waals surface area (Å²) in [7, 11) is 0. The maximum Gasteiger partial charge on any atom is 0.236 e. The lowest BCUT2D eigenvalue weighted by Crippen LogP contribution is -2.52. The summed E-state index contributed by atoms with van der Waals surface area (Å²) in [5.74, 6) is -0.553. The Hall–Kier alpha value is -1.79. The largest absolute Gasteiger partial charge is 0.364 e. The normalized spacial score (nSPS) is 21.9. The van der Waals surface area contributed by atoms with E-state index < -0.39 is 5.92 Å². The second-order valence-corrected chi connectivity index (χ2v) is 7.74. The van der Waals surface area contributed by atoms with E-state index in [-0.39, 0.29) is 11.9 Å². The summed E-state index contributed by atoms with van der Waals surface area (Å²) in [5, 5.41) is 7.65. The molecule has 2 unspecified atom stereocenters. The molecule has 4 N–H and O–H groups in total. The van der Waals surface area contributed by atoms with Crippen LogP contribution in [0.2, 0.25) is 10.0 Å². The van der Waals surface area contributed by atoms with Gasteiger partial charge >= 0.3 is 0 Å². The molecule has 4 rings (SSSR count). The standard InChI is InChI=1S/C20H22Cl2N4O/c21-14-4-2-1-3-13(14)17-18-16(25-20(17)27)6-5-15(22)19(18)26-10-9-24-11-12(26)7-8-23/h1-6,12,17,24H,7-11,23H2,(H,25,27). The highest BCUT2D eigenvalue weighted by Gasteiger charge is 2.39. The number of carbonyl (C=O) groups excluding carboxylic acids is 1. The fourth-order valence-corrected chi connectivity index (χ4v) is 4.64. The Bertz CT molecular complexity index is 871. The van der Waals surface area contributed by atoms with Gasteiger partial charge < -0.3 is 21.3 Å². The minimum absolute atomic E-state index is 0.0767. The van der Waals surface area contributed by atoms with Crippen molar-refractivity contribution in [3.63, 3.8) is 0 Å². The number of piperazine rings is 1. The molecule has 7 heteroatoms. The van der Waals surface area contributed by atoms with Crippen LogP contribution in [0.3, 0.4) is 0 Å². The van der Waals surface area contributed by atoms with Crippen LogP contribution in [0.25, 0.3) is 0 Å². The zero-order chi connectivity index (χ0) is 19.0. The minimum Gasteiger partial charge on any atom is -0.364 e. The van der Waals surface area contributed by atoms with E-state index in [9.17, 15) is 4.79 Å². The molecule has 0 aliphatic carbocycles. The number of nitrogens with one attached hydrogen (secondary N) is 2. The SMILES string of the molecule is NCCC1CNCCN1c1c(Cl)ccc2c1C(c1ccccc1Cl)C(=O)N2. The molecule has 1 fully saturated rings. The summed E-state index contributed by atoms with van der Waals surface area (Å²) in [5.41, 5.74) is 9.26. The maximum absolute atomic E-state index is 12.9. The lowest BCUT2D eigenvalue weighted by atomic mass is 9.90. The molecule has 2 atom stereocenters. The molecule has 0 radical (unpaired) electrons. The van der Waals surface area contributed by atoms with Gasteiger partial charge in [-0.3, -0.25) is 4.79 Å². The third kappa shape index (κ3) is 3.29. The molecule has 2 aliphatic heterocycles. The fourth-order valence-electron chi connectivity index (χ4n) is 4.12. The van der Waals surface area contributed by atoms with Crippen LogP contribution in [0.4, 0.5) is 11.4 Å². The van der Waals surface area contributed by atoms with Gasteiger partial charge in [-0.25, -0.2) is 0 Å². The first-order valence-electron chi connectivity index (χ1n) is 9.17. The van der Waals surface area contributed by atoms with Gasteiger partial charge in [0.25, 0.3) is 0 Å². The maximum atomic E-state index is 12.9. The van der Waals surface area contributed by atoms with E-state index >= 15 is 0 Å². The van der Waals surface area contributed by atoms with Crippen LogP contribution in [0.1, 0.15) is 23.5 Å². The molecule has 1 amide bonds. The van der Waals surface area contributed by atoms with E-state index in [1.165, 1.54) is 0 Å². The number of hydrogen-bond acceptors (Lipinski definition) is 4. The summed E-state index contributed by atoms with van der Waals surface area (Å²) < 4.78 is 0. The van der Waals surface area contributed by atoms with Crippen molar-refractivity contribution in [3.8, 4) is 0 Å². The van der Waals surface area contributed by atoms with Crippen molar-refractivity contribution >= 4 is 40.5 Å². The Balaban J connectivity index is 1.87. The number of anilines is 2. The summed E-state index contributed by atoms with van der Waals surface area (Å²) in [6, 6.07) is 11.4. The molecule has 2 aromatic rings. The monoisotopic (exact) mass is 404 g/mol. The molecule has 5 nitrogen and oxygen atoms in total.